The third kappa shape index (κ3) is 3.84. The van der Waals surface area contributed by atoms with Gasteiger partial charge in [-0.25, -0.2) is 0 Å². The highest BCUT2D eigenvalue weighted by Crippen LogP contribution is 2.36. The van der Waals surface area contributed by atoms with Crippen molar-refractivity contribution in [3.8, 4) is 5.75 Å². The number of amides is 2. The number of esters is 1. The van der Waals surface area contributed by atoms with Crippen molar-refractivity contribution in [1.82, 2.24) is 5.32 Å². The molecule has 1 atom stereocenters. The summed E-state index contributed by atoms with van der Waals surface area (Å²) in [6.07, 6.45) is -0.645. The van der Waals surface area contributed by atoms with Gasteiger partial charge in [0.1, 0.15) is 18.8 Å². The van der Waals surface area contributed by atoms with Gasteiger partial charge >= 0.3 is 5.97 Å². The highest BCUT2D eigenvalue weighted by molar-refractivity contribution is 6.04. The molecule has 0 radical (unpaired) electrons. The maximum Gasteiger partial charge on any atom is 0.325 e. The molecule has 0 saturated carbocycles. The fraction of sp³-hybridized carbons (Fsp3) is 0.471. The third-order valence-corrected chi connectivity index (χ3v) is 3.73. The minimum absolute atomic E-state index is 0.0346. The lowest BCUT2D eigenvalue weighted by atomic mass is 10.0. The smallest absolute Gasteiger partial charge is 0.325 e. The summed E-state index contributed by atoms with van der Waals surface area (Å²) in [4.78, 5) is 37.3. The number of methoxy groups -OCH3 is 1. The Morgan fingerprint density at radius 3 is 2.71 bits per heavy atom. The van der Waals surface area contributed by atoms with E-state index in [9.17, 15) is 14.4 Å². The van der Waals surface area contributed by atoms with Crippen molar-refractivity contribution in [3.63, 3.8) is 0 Å². The van der Waals surface area contributed by atoms with Crippen molar-refractivity contribution in [2.75, 3.05) is 25.1 Å². The molecule has 7 heteroatoms. The minimum Gasteiger partial charge on any atom is -0.478 e. The fourth-order valence-corrected chi connectivity index (χ4v) is 2.42. The van der Waals surface area contributed by atoms with Crippen molar-refractivity contribution in [2.24, 2.45) is 5.92 Å². The zero-order chi connectivity index (χ0) is 17.9. The summed E-state index contributed by atoms with van der Waals surface area (Å²) >= 11 is 0. The first kappa shape index (κ1) is 17.8. The molecule has 1 aromatic rings. The van der Waals surface area contributed by atoms with Crippen LogP contribution in [0.1, 0.15) is 19.4 Å². The van der Waals surface area contributed by atoms with Crippen LogP contribution in [0.25, 0.3) is 0 Å². The standard InChI is InChI=1S/C17H22N2O5/c1-10(2)16-17(22)19(9-14(20)18-8-15(21)23-4)12-7-11(3)5-6-13(12)24-16/h5-7,10,16H,8-9H2,1-4H3,(H,18,20). The summed E-state index contributed by atoms with van der Waals surface area (Å²) < 4.78 is 10.3. The molecule has 0 bridgehead atoms. The molecule has 0 saturated heterocycles. The van der Waals surface area contributed by atoms with Crippen LogP contribution in [0.4, 0.5) is 5.69 Å². The molecule has 1 N–H and O–H groups in total. The second-order valence-corrected chi connectivity index (χ2v) is 6.03. The molecule has 24 heavy (non-hydrogen) atoms. The van der Waals surface area contributed by atoms with Crippen LogP contribution in [0, 0.1) is 12.8 Å². The summed E-state index contributed by atoms with van der Waals surface area (Å²) in [6.45, 7) is 5.25. The Morgan fingerprint density at radius 1 is 1.38 bits per heavy atom. The van der Waals surface area contributed by atoms with Gasteiger partial charge in [-0.2, -0.15) is 0 Å². The number of rotatable bonds is 5. The predicted octanol–water partition coefficient (Wildman–Crippen LogP) is 1.03. The molecule has 1 heterocycles. The average molecular weight is 334 g/mol. The highest BCUT2D eigenvalue weighted by atomic mass is 16.5. The molecule has 1 unspecified atom stereocenters. The molecular formula is C17H22N2O5. The molecule has 2 amide bonds. The topological polar surface area (TPSA) is 84.9 Å². The number of ether oxygens (including phenoxy) is 2. The number of hydrogen-bond donors (Lipinski definition) is 1. The number of fused-ring (bicyclic) bond motifs is 1. The first-order valence-corrected chi connectivity index (χ1v) is 7.75. The average Bonchev–Trinajstić information content (AvgIpc) is 2.54. The molecule has 0 fully saturated rings. The molecule has 7 nitrogen and oxygen atoms in total. The Hall–Kier alpha value is -2.57. The van der Waals surface area contributed by atoms with E-state index < -0.39 is 18.0 Å². The summed E-state index contributed by atoms with van der Waals surface area (Å²) in [6, 6.07) is 5.49. The van der Waals surface area contributed by atoms with Crippen LogP contribution >= 0.6 is 0 Å². The van der Waals surface area contributed by atoms with Gasteiger partial charge in [-0.3, -0.25) is 19.3 Å². The van der Waals surface area contributed by atoms with E-state index >= 15 is 0 Å². The van der Waals surface area contributed by atoms with E-state index in [1.165, 1.54) is 12.0 Å². The maximum absolute atomic E-state index is 12.7. The third-order valence-electron chi connectivity index (χ3n) is 3.73. The predicted molar refractivity (Wildman–Crippen MR) is 87.8 cm³/mol. The van der Waals surface area contributed by atoms with Crippen LogP contribution in [0.2, 0.25) is 0 Å². The van der Waals surface area contributed by atoms with Gasteiger partial charge in [-0.05, 0) is 30.5 Å². The quantitative estimate of drug-likeness (QED) is 0.813. The molecule has 1 aliphatic heterocycles. The normalized spacial score (nSPS) is 16.5. The van der Waals surface area contributed by atoms with Gasteiger partial charge in [0.05, 0.1) is 12.8 Å². The van der Waals surface area contributed by atoms with Crippen LogP contribution in [0.15, 0.2) is 18.2 Å². The van der Waals surface area contributed by atoms with Crippen LogP contribution in [-0.2, 0) is 19.1 Å². The molecular weight excluding hydrogens is 312 g/mol. The van der Waals surface area contributed by atoms with Crippen molar-refractivity contribution < 1.29 is 23.9 Å². The molecule has 130 valence electrons. The molecule has 0 spiro atoms. The van der Waals surface area contributed by atoms with Crippen molar-refractivity contribution in [2.45, 2.75) is 26.9 Å². The Balaban J connectivity index is 2.22. The van der Waals surface area contributed by atoms with E-state index in [1.54, 1.807) is 12.1 Å². The van der Waals surface area contributed by atoms with E-state index in [0.29, 0.717) is 11.4 Å². The number of benzene rings is 1. The Morgan fingerprint density at radius 2 is 2.08 bits per heavy atom. The first-order valence-electron chi connectivity index (χ1n) is 7.75. The fourth-order valence-electron chi connectivity index (χ4n) is 2.42. The Bertz CT molecular complexity index is 656. The number of nitrogens with one attached hydrogen (secondary N) is 1. The zero-order valence-electron chi connectivity index (χ0n) is 14.3. The zero-order valence-corrected chi connectivity index (χ0v) is 14.3. The number of carbonyl (C=O) groups is 3. The Kier molecular flexibility index (Phi) is 5.43. The summed E-state index contributed by atoms with van der Waals surface area (Å²) in [5, 5.41) is 2.44. The van der Waals surface area contributed by atoms with E-state index in [0.717, 1.165) is 5.56 Å². The summed E-state index contributed by atoms with van der Waals surface area (Å²) in [7, 11) is 1.24. The second kappa shape index (κ2) is 7.33. The maximum atomic E-state index is 12.7. The summed E-state index contributed by atoms with van der Waals surface area (Å²) in [5.74, 6) is -0.720. The lowest BCUT2D eigenvalue weighted by Crippen LogP contribution is -2.51. The van der Waals surface area contributed by atoms with Gasteiger partial charge in [0.2, 0.25) is 5.91 Å². The minimum atomic E-state index is -0.645. The number of hydrogen-bond acceptors (Lipinski definition) is 5. The van der Waals surface area contributed by atoms with Gasteiger partial charge in [0, 0.05) is 0 Å². The molecule has 1 aliphatic rings. The molecule has 1 aromatic carbocycles. The SMILES string of the molecule is COC(=O)CNC(=O)CN1C(=O)C(C(C)C)Oc2ccc(C)cc21. The first-order chi connectivity index (χ1) is 11.3. The number of aryl methyl sites for hydroxylation is 1. The van der Waals surface area contributed by atoms with Crippen molar-refractivity contribution in [1.29, 1.82) is 0 Å². The van der Waals surface area contributed by atoms with Crippen LogP contribution < -0.4 is 15.0 Å². The van der Waals surface area contributed by atoms with Crippen LogP contribution in [-0.4, -0.2) is 44.1 Å². The van der Waals surface area contributed by atoms with E-state index in [-0.39, 0.29) is 24.9 Å². The van der Waals surface area contributed by atoms with E-state index in [4.69, 9.17) is 4.74 Å². The number of anilines is 1. The molecule has 2 rings (SSSR count). The summed E-state index contributed by atoms with van der Waals surface area (Å²) in [5.41, 5.74) is 1.51. The van der Waals surface area contributed by atoms with E-state index in [2.05, 4.69) is 10.1 Å². The van der Waals surface area contributed by atoms with Crippen LogP contribution in [0.5, 0.6) is 5.75 Å². The number of nitrogens with zero attached hydrogens (tertiary/aromatic N) is 1. The lowest BCUT2D eigenvalue weighted by Gasteiger charge is -2.35. The lowest BCUT2D eigenvalue weighted by molar-refractivity contribution is -0.141. The number of carbonyl (C=O) groups excluding carboxylic acids is 3. The largest absolute Gasteiger partial charge is 0.478 e. The van der Waals surface area contributed by atoms with Gasteiger partial charge in [-0.1, -0.05) is 19.9 Å². The highest BCUT2D eigenvalue weighted by Gasteiger charge is 2.37. The van der Waals surface area contributed by atoms with Gasteiger partial charge in [-0.15, -0.1) is 0 Å². The van der Waals surface area contributed by atoms with Crippen molar-refractivity contribution in [3.05, 3.63) is 23.8 Å². The van der Waals surface area contributed by atoms with Crippen molar-refractivity contribution >= 4 is 23.5 Å². The van der Waals surface area contributed by atoms with Gasteiger partial charge < -0.3 is 14.8 Å². The van der Waals surface area contributed by atoms with E-state index in [1.807, 2.05) is 26.8 Å². The second-order valence-electron chi connectivity index (χ2n) is 6.03. The Labute approximate surface area is 140 Å². The van der Waals surface area contributed by atoms with Gasteiger partial charge in [0.25, 0.3) is 5.91 Å². The molecule has 0 aromatic heterocycles. The monoisotopic (exact) mass is 334 g/mol. The van der Waals surface area contributed by atoms with Gasteiger partial charge in [0.15, 0.2) is 6.10 Å². The molecule has 0 aliphatic carbocycles. The van der Waals surface area contributed by atoms with Crippen LogP contribution in [0.3, 0.4) is 0 Å².